The Morgan fingerprint density at radius 1 is 1.17 bits per heavy atom. The number of carbonyl (C=O) groups excluding carboxylic acids is 1. The molecule has 0 aromatic heterocycles. The molecule has 1 aliphatic carbocycles. The molecule has 1 saturated carbocycles. The van der Waals surface area contributed by atoms with Crippen LogP contribution < -0.4 is 0 Å². The summed E-state index contributed by atoms with van der Waals surface area (Å²) < 4.78 is 28.1. The maximum atomic E-state index is 12.6. The molecule has 6 nitrogen and oxygen atoms in total. The minimum absolute atomic E-state index is 0.00567. The fraction of sp³-hybridized carbons (Fsp3) is 0.529. The van der Waals surface area contributed by atoms with Gasteiger partial charge in [0, 0.05) is 25.7 Å². The zero-order valence-electron chi connectivity index (χ0n) is 14.1. The Morgan fingerprint density at radius 3 is 2.54 bits per heavy atom. The Balaban J connectivity index is 1.73. The average Bonchev–Trinajstić information content (AvgIpc) is 2.87. The van der Waals surface area contributed by atoms with E-state index in [-0.39, 0.29) is 17.3 Å². The largest absolute Gasteiger partial charge is 0.349 e. The highest BCUT2D eigenvalue weighted by Gasteiger charge is 2.31. The Labute approximate surface area is 143 Å². The summed E-state index contributed by atoms with van der Waals surface area (Å²) in [6, 6.07) is 7.02. The van der Waals surface area contributed by atoms with Gasteiger partial charge in [-0.2, -0.15) is 8.42 Å². The Hall–Kier alpha value is -1.89. The molecule has 0 atom stereocenters. The minimum atomic E-state index is -3.65. The quantitative estimate of drug-likeness (QED) is 0.835. The van der Waals surface area contributed by atoms with Crippen LogP contribution >= 0.6 is 0 Å². The molecule has 3 rings (SSSR count). The summed E-state index contributed by atoms with van der Waals surface area (Å²) in [7, 11) is -0.103. The third kappa shape index (κ3) is 3.17. The van der Waals surface area contributed by atoms with E-state index in [9.17, 15) is 13.2 Å². The van der Waals surface area contributed by atoms with Gasteiger partial charge in [-0.25, -0.2) is 0 Å². The van der Waals surface area contributed by atoms with Gasteiger partial charge in [-0.05, 0) is 25.0 Å². The van der Waals surface area contributed by atoms with Crippen LogP contribution in [0.1, 0.15) is 37.7 Å². The number of fused-ring (bicyclic) bond motifs is 1. The van der Waals surface area contributed by atoms with Gasteiger partial charge in [-0.1, -0.05) is 31.4 Å². The van der Waals surface area contributed by atoms with Gasteiger partial charge >= 0.3 is 0 Å². The zero-order chi connectivity index (χ0) is 17.3. The minimum Gasteiger partial charge on any atom is -0.349 e. The summed E-state index contributed by atoms with van der Waals surface area (Å²) in [4.78, 5) is 16.2. The Morgan fingerprint density at radius 2 is 1.83 bits per heavy atom. The van der Waals surface area contributed by atoms with Crippen molar-refractivity contribution < 1.29 is 13.2 Å². The average molecular weight is 349 g/mol. The maximum absolute atomic E-state index is 12.6. The molecule has 0 radical (unpaired) electrons. The van der Waals surface area contributed by atoms with E-state index >= 15 is 0 Å². The Kier molecular flexibility index (Phi) is 4.62. The topological polar surface area (TPSA) is 70.1 Å². The van der Waals surface area contributed by atoms with E-state index < -0.39 is 10.0 Å². The van der Waals surface area contributed by atoms with Gasteiger partial charge in [0.15, 0.2) is 5.84 Å². The molecule has 0 unspecified atom stereocenters. The molecular formula is C17H23N3O3S. The number of hydrogen-bond acceptors (Lipinski definition) is 4. The maximum Gasteiger partial charge on any atom is 0.285 e. The summed E-state index contributed by atoms with van der Waals surface area (Å²) in [6.07, 6.45) is 5.66. The van der Waals surface area contributed by atoms with Gasteiger partial charge < -0.3 is 9.80 Å². The second kappa shape index (κ2) is 6.55. The van der Waals surface area contributed by atoms with E-state index in [0.717, 1.165) is 25.7 Å². The van der Waals surface area contributed by atoms with Crippen LogP contribution in [0.15, 0.2) is 33.6 Å². The third-order valence-corrected chi connectivity index (χ3v) is 6.19. The standard InChI is InChI=1S/C17H23N3O3S/c1-19(12-16(21)20(2)13-8-4-3-5-9-13)17-14-10-6-7-11-15(14)24(22,23)18-17/h6-7,10-11,13H,3-5,8-9,12H2,1-2H3. The number of carbonyl (C=O) groups is 1. The molecule has 1 fully saturated rings. The van der Waals surface area contributed by atoms with Crippen molar-refractivity contribution in [2.75, 3.05) is 20.6 Å². The monoisotopic (exact) mass is 349 g/mol. The molecule has 0 spiro atoms. The predicted molar refractivity (Wildman–Crippen MR) is 92.4 cm³/mol. The summed E-state index contributed by atoms with van der Waals surface area (Å²) in [6.45, 7) is 0.121. The molecule has 24 heavy (non-hydrogen) atoms. The molecule has 1 aromatic rings. The van der Waals surface area contributed by atoms with Crippen molar-refractivity contribution in [3.05, 3.63) is 29.8 Å². The van der Waals surface area contributed by atoms with E-state index in [1.807, 2.05) is 11.9 Å². The Bertz CT molecular complexity index is 767. The van der Waals surface area contributed by atoms with Gasteiger partial charge in [-0.15, -0.1) is 4.40 Å². The van der Waals surface area contributed by atoms with Crippen molar-refractivity contribution in [3.8, 4) is 0 Å². The van der Waals surface area contributed by atoms with E-state index in [0.29, 0.717) is 17.4 Å². The van der Waals surface area contributed by atoms with Crippen LogP contribution in [0.25, 0.3) is 0 Å². The van der Waals surface area contributed by atoms with Gasteiger partial charge in [0.2, 0.25) is 5.91 Å². The SMILES string of the molecule is CN(CC(=O)N(C)C1CCCCC1)C1=NS(=O)(=O)c2ccccc21. The van der Waals surface area contributed by atoms with Crippen LogP contribution in [0, 0.1) is 0 Å². The van der Waals surface area contributed by atoms with Crippen molar-refractivity contribution in [3.63, 3.8) is 0 Å². The van der Waals surface area contributed by atoms with Crippen LogP contribution in [-0.2, 0) is 14.8 Å². The summed E-state index contributed by atoms with van der Waals surface area (Å²) in [5, 5.41) is 0. The first-order valence-corrected chi connectivity index (χ1v) is 9.75. The lowest BCUT2D eigenvalue weighted by Gasteiger charge is -2.32. The summed E-state index contributed by atoms with van der Waals surface area (Å²) in [5.41, 5.74) is 0.563. The first-order valence-electron chi connectivity index (χ1n) is 8.31. The highest BCUT2D eigenvalue weighted by Crippen LogP contribution is 2.27. The number of amides is 1. The van der Waals surface area contributed by atoms with Gasteiger partial charge in [0.25, 0.3) is 10.0 Å². The molecule has 1 aliphatic heterocycles. The smallest absolute Gasteiger partial charge is 0.285 e. The zero-order valence-corrected chi connectivity index (χ0v) is 14.9. The number of hydrogen-bond donors (Lipinski definition) is 0. The number of benzene rings is 1. The van der Waals surface area contributed by atoms with Gasteiger partial charge in [-0.3, -0.25) is 4.79 Å². The number of amidine groups is 1. The lowest BCUT2D eigenvalue weighted by Crippen LogP contribution is -2.44. The molecule has 7 heteroatoms. The van der Waals surface area contributed by atoms with Crippen molar-refractivity contribution in [1.29, 1.82) is 0 Å². The first-order chi connectivity index (χ1) is 11.4. The fourth-order valence-corrected chi connectivity index (χ4v) is 4.68. The number of sulfonamides is 1. The molecule has 1 aromatic carbocycles. The molecule has 130 valence electrons. The van der Waals surface area contributed by atoms with Crippen LogP contribution in [0.4, 0.5) is 0 Å². The highest BCUT2D eigenvalue weighted by molar-refractivity contribution is 7.90. The predicted octanol–water partition coefficient (Wildman–Crippen LogP) is 1.86. The van der Waals surface area contributed by atoms with E-state index in [1.54, 1.807) is 36.2 Å². The van der Waals surface area contributed by atoms with Gasteiger partial charge in [0.1, 0.15) is 4.90 Å². The van der Waals surface area contributed by atoms with E-state index in [1.165, 1.54) is 6.42 Å². The van der Waals surface area contributed by atoms with Crippen molar-refractivity contribution >= 4 is 21.8 Å². The molecule has 1 heterocycles. The second-order valence-corrected chi connectivity index (χ2v) is 8.11. The molecule has 0 N–H and O–H groups in total. The van der Waals surface area contributed by atoms with Crippen molar-refractivity contribution in [2.24, 2.45) is 4.40 Å². The molecule has 2 aliphatic rings. The van der Waals surface area contributed by atoms with Crippen molar-refractivity contribution in [2.45, 2.75) is 43.0 Å². The lowest BCUT2D eigenvalue weighted by atomic mass is 9.94. The van der Waals surface area contributed by atoms with Crippen molar-refractivity contribution in [1.82, 2.24) is 9.80 Å². The lowest BCUT2D eigenvalue weighted by molar-refractivity contribution is -0.132. The third-order valence-electron chi connectivity index (χ3n) is 4.86. The summed E-state index contributed by atoms with van der Waals surface area (Å²) >= 11 is 0. The number of rotatable bonds is 3. The van der Waals surface area contributed by atoms with Gasteiger partial charge in [0.05, 0.1) is 6.54 Å². The fourth-order valence-electron chi connectivity index (χ4n) is 3.43. The first kappa shape index (κ1) is 17.0. The van der Waals surface area contributed by atoms with E-state index in [4.69, 9.17) is 0 Å². The van der Waals surface area contributed by atoms with Crippen LogP contribution in [0.5, 0.6) is 0 Å². The van der Waals surface area contributed by atoms with E-state index in [2.05, 4.69) is 4.40 Å². The number of nitrogens with zero attached hydrogens (tertiary/aromatic N) is 3. The second-order valence-electron chi connectivity index (χ2n) is 6.54. The highest BCUT2D eigenvalue weighted by atomic mass is 32.2. The van der Waals surface area contributed by atoms with Crippen LogP contribution in [-0.4, -0.2) is 56.6 Å². The number of likely N-dealkylation sites (N-methyl/N-ethyl adjacent to an activating group) is 2. The molecule has 1 amide bonds. The molecule has 0 bridgehead atoms. The normalized spacial score (nSPS) is 19.5. The van der Waals surface area contributed by atoms with Crippen LogP contribution in [0.3, 0.4) is 0 Å². The molecule has 0 saturated heterocycles. The van der Waals surface area contributed by atoms with Crippen LogP contribution in [0.2, 0.25) is 0 Å². The molecular weight excluding hydrogens is 326 g/mol. The summed E-state index contributed by atoms with van der Waals surface area (Å²) in [5.74, 6) is 0.338.